The zero-order chi connectivity index (χ0) is 18.2. The summed E-state index contributed by atoms with van der Waals surface area (Å²) in [6, 6.07) is 15.5. The number of nitrogens with zero attached hydrogens (tertiary/aromatic N) is 1. The van der Waals surface area contributed by atoms with E-state index in [0.29, 0.717) is 6.54 Å². The van der Waals surface area contributed by atoms with Crippen molar-refractivity contribution in [2.45, 2.75) is 20.8 Å². The maximum atomic E-state index is 12.4. The smallest absolute Gasteiger partial charge is 0.236 e. The molecular formula is C20H24N2O2S. The van der Waals surface area contributed by atoms with E-state index < -0.39 is 0 Å². The van der Waals surface area contributed by atoms with E-state index in [1.807, 2.05) is 69.3 Å². The summed E-state index contributed by atoms with van der Waals surface area (Å²) in [4.78, 5) is 26.2. The minimum Gasteiger partial charge on any atom is -0.325 e. The van der Waals surface area contributed by atoms with E-state index in [9.17, 15) is 9.59 Å². The molecule has 2 aromatic rings. The van der Waals surface area contributed by atoms with Gasteiger partial charge in [-0.15, -0.1) is 11.8 Å². The SMILES string of the molecule is CCN(C(=O)CSCC(=O)Nc1cccc(C)c1)c1cccc(C)c1. The second kappa shape index (κ2) is 9.28. The molecule has 132 valence electrons. The van der Waals surface area contributed by atoms with Crippen LogP contribution in [0.5, 0.6) is 0 Å². The first-order valence-corrected chi connectivity index (χ1v) is 9.46. The molecule has 4 nitrogen and oxygen atoms in total. The molecule has 0 aromatic heterocycles. The lowest BCUT2D eigenvalue weighted by Gasteiger charge is -2.21. The standard InChI is InChI=1S/C20H24N2O2S/c1-4-22(18-10-6-8-16(3)12-18)20(24)14-25-13-19(23)21-17-9-5-7-15(2)11-17/h5-12H,4,13-14H2,1-3H3,(H,21,23). The van der Waals surface area contributed by atoms with E-state index in [4.69, 9.17) is 0 Å². The predicted octanol–water partition coefficient (Wildman–Crippen LogP) is 4.03. The van der Waals surface area contributed by atoms with Gasteiger partial charge in [0.2, 0.25) is 11.8 Å². The van der Waals surface area contributed by atoms with Crippen molar-refractivity contribution < 1.29 is 9.59 Å². The van der Waals surface area contributed by atoms with E-state index >= 15 is 0 Å². The normalized spacial score (nSPS) is 10.4. The van der Waals surface area contributed by atoms with Crippen molar-refractivity contribution in [1.82, 2.24) is 0 Å². The molecule has 0 saturated carbocycles. The number of carbonyl (C=O) groups excluding carboxylic acids is 2. The predicted molar refractivity (Wildman–Crippen MR) is 106 cm³/mol. The highest BCUT2D eigenvalue weighted by Gasteiger charge is 2.14. The highest BCUT2D eigenvalue weighted by atomic mass is 32.2. The van der Waals surface area contributed by atoms with Gasteiger partial charge in [0, 0.05) is 17.9 Å². The molecule has 25 heavy (non-hydrogen) atoms. The van der Waals surface area contributed by atoms with Gasteiger partial charge >= 0.3 is 0 Å². The van der Waals surface area contributed by atoms with E-state index in [1.165, 1.54) is 11.8 Å². The first kappa shape index (κ1) is 19.1. The van der Waals surface area contributed by atoms with E-state index in [-0.39, 0.29) is 23.3 Å². The average molecular weight is 356 g/mol. The number of nitrogens with one attached hydrogen (secondary N) is 1. The van der Waals surface area contributed by atoms with Crippen molar-refractivity contribution in [3.05, 3.63) is 59.7 Å². The first-order valence-electron chi connectivity index (χ1n) is 8.31. The van der Waals surface area contributed by atoms with E-state index in [2.05, 4.69) is 5.32 Å². The number of thioether (sulfide) groups is 1. The lowest BCUT2D eigenvalue weighted by atomic mass is 10.2. The van der Waals surface area contributed by atoms with Crippen molar-refractivity contribution in [2.24, 2.45) is 0 Å². The third-order valence-corrected chi connectivity index (χ3v) is 4.61. The molecule has 1 N–H and O–H groups in total. The van der Waals surface area contributed by atoms with Gasteiger partial charge in [-0.2, -0.15) is 0 Å². The molecule has 0 atom stereocenters. The van der Waals surface area contributed by atoms with Gasteiger partial charge in [0.15, 0.2) is 0 Å². The van der Waals surface area contributed by atoms with Gasteiger partial charge in [-0.1, -0.05) is 24.3 Å². The zero-order valence-corrected chi connectivity index (χ0v) is 15.7. The lowest BCUT2D eigenvalue weighted by molar-refractivity contribution is -0.116. The Kier molecular flexibility index (Phi) is 7.07. The Hall–Kier alpha value is -2.27. The number of benzene rings is 2. The Morgan fingerprint density at radius 2 is 1.68 bits per heavy atom. The monoisotopic (exact) mass is 356 g/mol. The number of rotatable bonds is 7. The molecule has 0 aliphatic heterocycles. The molecule has 0 radical (unpaired) electrons. The molecule has 2 aromatic carbocycles. The van der Waals surface area contributed by atoms with Crippen molar-refractivity contribution >= 4 is 35.0 Å². The van der Waals surface area contributed by atoms with E-state index in [1.54, 1.807) is 4.90 Å². The second-order valence-electron chi connectivity index (χ2n) is 5.89. The van der Waals surface area contributed by atoms with Crippen LogP contribution in [0.25, 0.3) is 0 Å². The van der Waals surface area contributed by atoms with Crippen LogP contribution < -0.4 is 10.2 Å². The Labute approximate surface area is 153 Å². The Morgan fingerprint density at radius 1 is 1.00 bits per heavy atom. The molecule has 0 bridgehead atoms. The highest BCUT2D eigenvalue weighted by Crippen LogP contribution is 2.17. The summed E-state index contributed by atoms with van der Waals surface area (Å²) in [5.74, 6) is 0.456. The summed E-state index contributed by atoms with van der Waals surface area (Å²) in [5.41, 5.74) is 3.90. The van der Waals surface area contributed by atoms with Gasteiger partial charge < -0.3 is 10.2 Å². The summed E-state index contributed by atoms with van der Waals surface area (Å²) in [6.07, 6.45) is 0. The fourth-order valence-electron chi connectivity index (χ4n) is 2.53. The van der Waals surface area contributed by atoms with Crippen LogP contribution in [0.4, 0.5) is 11.4 Å². The minimum absolute atomic E-state index is 0.0152. The third-order valence-electron chi connectivity index (χ3n) is 3.69. The molecular weight excluding hydrogens is 332 g/mol. The molecule has 0 spiro atoms. The van der Waals surface area contributed by atoms with Gasteiger partial charge in [-0.25, -0.2) is 0 Å². The largest absolute Gasteiger partial charge is 0.325 e. The molecule has 5 heteroatoms. The molecule has 0 fully saturated rings. The quantitative estimate of drug-likeness (QED) is 0.815. The molecule has 0 aliphatic rings. The fourth-order valence-corrected chi connectivity index (χ4v) is 3.22. The van der Waals surface area contributed by atoms with Crippen molar-refractivity contribution in [2.75, 3.05) is 28.3 Å². The Morgan fingerprint density at radius 3 is 2.32 bits per heavy atom. The van der Waals surface area contributed by atoms with Crippen molar-refractivity contribution in [1.29, 1.82) is 0 Å². The highest BCUT2D eigenvalue weighted by molar-refractivity contribution is 8.00. The maximum absolute atomic E-state index is 12.4. The minimum atomic E-state index is -0.0954. The van der Waals surface area contributed by atoms with Crippen LogP contribution in [0.15, 0.2) is 48.5 Å². The molecule has 0 saturated heterocycles. The van der Waals surface area contributed by atoms with Gasteiger partial charge in [-0.3, -0.25) is 9.59 Å². The number of aryl methyl sites for hydroxylation is 2. The topological polar surface area (TPSA) is 49.4 Å². The summed E-state index contributed by atoms with van der Waals surface area (Å²) >= 11 is 1.33. The van der Waals surface area contributed by atoms with E-state index in [0.717, 1.165) is 22.5 Å². The number of hydrogen-bond acceptors (Lipinski definition) is 3. The summed E-state index contributed by atoms with van der Waals surface area (Å²) in [6.45, 7) is 6.55. The number of carbonyl (C=O) groups is 2. The molecule has 0 heterocycles. The van der Waals surface area contributed by atoms with Crippen LogP contribution in [0.2, 0.25) is 0 Å². The van der Waals surface area contributed by atoms with Crippen LogP contribution in [0, 0.1) is 13.8 Å². The number of hydrogen-bond donors (Lipinski definition) is 1. The van der Waals surface area contributed by atoms with Crippen molar-refractivity contribution in [3.63, 3.8) is 0 Å². The maximum Gasteiger partial charge on any atom is 0.236 e. The number of amides is 2. The van der Waals surface area contributed by atoms with Crippen LogP contribution in [-0.2, 0) is 9.59 Å². The van der Waals surface area contributed by atoms with Gasteiger partial charge in [-0.05, 0) is 56.2 Å². The van der Waals surface area contributed by atoms with Gasteiger partial charge in [0.1, 0.15) is 0 Å². The molecule has 2 amide bonds. The Bertz CT molecular complexity index is 746. The summed E-state index contributed by atoms with van der Waals surface area (Å²) < 4.78 is 0. The summed E-state index contributed by atoms with van der Waals surface area (Å²) in [5, 5.41) is 2.85. The van der Waals surface area contributed by atoms with Crippen molar-refractivity contribution in [3.8, 4) is 0 Å². The molecule has 2 rings (SSSR count). The third kappa shape index (κ3) is 5.94. The van der Waals surface area contributed by atoms with Crippen LogP contribution >= 0.6 is 11.8 Å². The van der Waals surface area contributed by atoms with Crippen LogP contribution in [0.1, 0.15) is 18.1 Å². The number of anilines is 2. The summed E-state index contributed by atoms with van der Waals surface area (Å²) in [7, 11) is 0. The fraction of sp³-hybridized carbons (Fsp3) is 0.300. The first-order chi connectivity index (χ1) is 12.0. The van der Waals surface area contributed by atoms with Gasteiger partial charge in [0.25, 0.3) is 0 Å². The van der Waals surface area contributed by atoms with Gasteiger partial charge in [0.05, 0.1) is 11.5 Å². The second-order valence-corrected chi connectivity index (χ2v) is 6.87. The van der Waals surface area contributed by atoms with Crippen LogP contribution in [0.3, 0.4) is 0 Å². The van der Waals surface area contributed by atoms with Crippen LogP contribution in [-0.4, -0.2) is 29.9 Å². The molecule has 0 unspecified atom stereocenters. The lowest BCUT2D eigenvalue weighted by Crippen LogP contribution is -2.32. The Balaban J connectivity index is 1.83. The molecule has 0 aliphatic carbocycles. The average Bonchev–Trinajstić information content (AvgIpc) is 2.55. The zero-order valence-electron chi connectivity index (χ0n) is 14.9.